The van der Waals surface area contributed by atoms with E-state index in [1.165, 1.54) is 34.6 Å². The van der Waals surface area contributed by atoms with E-state index in [1.807, 2.05) is 26.8 Å². The van der Waals surface area contributed by atoms with Crippen LogP contribution < -0.4 is 5.32 Å². The van der Waals surface area contributed by atoms with E-state index in [-0.39, 0.29) is 24.0 Å². The molecule has 2 rings (SSSR count). The summed E-state index contributed by atoms with van der Waals surface area (Å²) >= 11 is 1.51. The lowest BCUT2D eigenvalue weighted by Gasteiger charge is -2.24. The van der Waals surface area contributed by atoms with E-state index in [0.717, 1.165) is 19.3 Å². The highest BCUT2D eigenvalue weighted by Gasteiger charge is 2.21. The first-order valence-electron chi connectivity index (χ1n) is 7.51. The number of ether oxygens (including phenoxy) is 1. The van der Waals surface area contributed by atoms with Gasteiger partial charge in [-0.15, -0.1) is 11.3 Å². The number of amides is 1. The van der Waals surface area contributed by atoms with E-state index in [1.54, 1.807) is 0 Å². The number of aryl methyl sites for hydroxylation is 2. The van der Waals surface area contributed by atoms with Gasteiger partial charge in [-0.25, -0.2) is 4.79 Å². The second kappa shape index (κ2) is 6.60. The van der Waals surface area contributed by atoms with Crippen LogP contribution in [0.15, 0.2) is 6.07 Å². The van der Waals surface area contributed by atoms with Crippen LogP contribution in [0.4, 0.5) is 0 Å². The summed E-state index contributed by atoms with van der Waals surface area (Å²) in [5.74, 6) is -0.643. The summed E-state index contributed by atoms with van der Waals surface area (Å²) in [6.07, 6.45) is 5.30. The number of fused-ring (bicyclic) bond motifs is 1. The van der Waals surface area contributed by atoms with Crippen LogP contribution >= 0.6 is 11.3 Å². The number of carbonyl (C=O) groups excluding carboxylic acids is 2. The van der Waals surface area contributed by atoms with E-state index in [0.29, 0.717) is 4.88 Å². The highest BCUT2D eigenvalue weighted by atomic mass is 32.1. The van der Waals surface area contributed by atoms with Gasteiger partial charge in [0.25, 0.3) is 5.91 Å². The topological polar surface area (TPSA) is 55.4 Å². The van der Waals surface area contributed by atoms with Gasteiger partial charge >= 0.3 is 5.97 Å². The van der Waals surface area contributed by atoms with Crippen molar-refractivity contribution in [1.29, 1.82) is 0 Å². The molecular formula is C16H23NO3S. The first kappa shape index (κ1) is 16.0. The third-order valence-corrected chi connectivity index (χ3v) is 5.11. The zero-order chi connectivity index (χ0) is 15.5. The van der Waals surface area contributed by atoms with E-state index in [4.69, 9.17) is 4.74 Å². The van der Waals surface area contributed by atoms with E-state index in [2.05, 4.69) is 5.32 Å². The third-order valence-electron chi connectivity index (χ3n) is 3.89. The predicted molar refractivity (Wildman–Crippen MR) is 83.8 cm³/mol. The van der Waals surface area contributed by atoms with Crippen LogP contribution in [-0.4, -0.2) is 24.0 Å². The van der Waals surface area contributed by atoms with Crippen LogP contribution in [0, 0.1) is 0 Å². The summed E-state index contributed by atoms with van der Waals surface area (Å²) in [6.45, 7) is 5.67. The van der Waals surface area contributed by atoms with Crippen molar-refractivity contribution in [2.75, 3.05) is 6.61 Å². The fourth-order valence-electron chi connectivity index (χ4n) is 2.30. The Bertz CT molecular complexity index is 510. The summed E-state index contributed by atoms with van der Waals surface area (Å²) in [5, 5.41) is 2.85. The molecule has 5 heteroatoms. The Balaban J connectivity index is 1.87. The van der Waals surface area contributed by atoms with Crippen molar-refractivity contribution in [3.63, 3.8) is 0 Å². The average molecular weight is 309 g/mol. The molecule has 0 atom stereocenters. The fourth-order valence-corrected chi connectivity index (χ4v) is 3.44. The molecule has 1 aromatic rings. The monoisotopic (exact) mass is 309 g/mol. The Hall–Kier alpha value is -1.36. The number of nitrogens with one attached hydrogen (secondary N) is 1. The lowest BCUT2D eigenvalue weighted by atomic mass is 9.99. The molecule has 116 valence electrons. The molecule has 0 unspecified atom stereocenters. The first-order valence-corrected chi connectivity index (χ1v) is 8.32. The summed E-state index contributed by atoms with van der Waals surface area (Å²) in [6, 6.07) is 1.93. The van der Waals surface area contributed by atoms with E-state index >= 15 is 0 Å². The highest BCUT2D eigenvalue weighted by Crippen LogP contribution is 2.29. The van der Waals surface area contributed by atoms with Crippen molar-refractivity contribution < 1.29 is 14.3 Å². The molecule has 1 N–H and O–H groups in total. The van der Waals surface area contributed by atoms with Crippen molar-refractivity contribution in [1.82, 2.24) is 5.32 Å². The van der Waals surface area contributed by atoms with Crippen molar-refractivity contribution in [2.24, 2.45) is 0 Å². The molecule has 0 spiro atoms. The van der Waals surface area contributed by atoms with Gasteiger partial charge < -0.3 is 10.1 Å². The van der Waals surface area contributed by atoms with Crippen molar-refractivity contribution >= 4 is 23.2 Å². The number of carbonyl (C=O) groups is 2. The average Bonchev–Trinajstić information content (AvgIpc) is 2.88. The molecular weight excluding hydrogens is 286 g/mol. The van der Waals surface area contributed by atoms with Crippen LogP contribution in [0.1, 0.15) is 60.1 Å². The van der Waals surface area contributed by atoms with Gasteiger partial charge in [0.1, 0.15) is 4.88 Å². The van der Waals surface area contributed by atoms with Crippen LogP contribution in [0.2, 0.25) is 0 Å². The van der Waals surface area contributed by atoms with Gasteiger partial charge in [0, 0.05) is 10.4 Å². The standard InChI is InChI=1S/C16H23NO3S/c1-4-16(2,3)17-14(18)10-20-15(19)13-9-11-7-5-6-8-12(11)21-13/h9H,4-8,10H2,1-3H3,(H,17,18). The molecule has 0 aliphatic heterocycles. The molecule has 21 heavy (non-hydrogen) atoms. The van der Waals surface area contributed by atoms with Crippen LogP contribution in [0.3, 0.4) is 0 Å². The molecule has 0 bridgehead atoms. The van der Waals surface area contributed by atoms with E-state index < -0.39 is 0 Å². The molecule has 0 saturated carbocycles. The summed E-state index contributed by atoms with van der Waals surface area (Å²) in [4.78, 5) is 25.7. The molecule has 1 aliphatic carbocycles. The number of esters is 1. The van der Waals surface area contributed by atoms with Gasteiger partial charge in [0.2, 0.25) is 0 Å². The zero-order valence-electron chi connectivity index (χ0n) is 13.0. The maximum absolute atomic E-state index is 12.0. The zero-order valence-corrected chi connectivity index (χ0v) is 13.8. The Morgan fingerprint density at radius 1 is 1.33 bits per heavy atom. The normalized spacial score (nSPS) is 14.4. The number of hydrogen-bond acceptors (Lipinski definition) is 4. The Kier molecular flexibility index (Phi) is 5.04. The van der Waals surface area contributed by atoms with Crippen LogP contribution in [0.25, 0.3) is 0 Å². The summed E-state index contributed by atoms with van der Waals surface area (Å²) < 4.78 is 5.12. The van der Waals surface area contributed by atoms with Gasteiger partial charge in [-0.2, -0.15) is 0 Å². The first-order chi connectivity index (χ1) is 9.91. The smallest absolute Gasteiger partial charge is 0.348 e. The lowest BCUT2D eigenvalue weighted by Crippen LogP contribution is -2.44. The van der Waals surface area contributed by atoms with Crippen molar-refractivity contribution in [3.8, 4) is 0 Å². The Morgan fingerprint density at radius 3 is 2.71 bits per heavy atom. The molecule has 0 radical (unpaired) electrons. The molecule has 1 amide bonds. The molecule has 1 heterocycles. The van der Waals surface area contributed by atoms with Gasteiger partial charge in [0.15, 0.2) is 6.61 Å². The van der Waals surface area contributed by atoms with E-state index in [9.17, 15) is 9.59 Å². The van der Waals surface area contributed by atoms with Gasteiger partial charge in [0.05, 0.1) is 0 Å². The number of thiophene rings is 1. The summed E-state index contributed by atoms with van der Waals surface area (Å²) in [5.41, 5.74) is 1.00. The Morgan fingerprint density at radius 2 is 2.05 bits per heavy atom. The largest absolute Gasteiger partial charge is 0.451 e. The van der Waals surface area contributed by atoms with Crippen molar-refractivity contribution in [3.05, 3.63) is 21.4 Å². The Labute approximate surface area is 129 Å². The molecule has 0 aromatic carbocycles. The maximum Gasteiger partial charge on any atom is 0.348 e. The SMILES string of the molecule is CCC(C)(C)NC(=O)COC(=O)c1cc2c(s1)CCCC2. The lowest BCUT2D eigenvalue weighted by molar-refractivity contribution is -0.125. The van der Waals surface area contributed by atoms with Crippen LogP contribution in [0.5, 0.6) is 0 Å². The number of hydrogen-bond donors (Lipinski definition) is 1. The quantitative estimate of drug-likeness (QED) is 0.850. The second-order valence-corrected chi connectivity index (χ2v) is 7.26. The maximum atomic E-state index is 12.0. The fraction of sp³-hybridized carbons (Fsp3) is 0.625. The highest BCUT2D eigenvalue weighted by molar-refractivity contribution is 7.14. The molecule has 4 nitrogen and oxygen atoms in total. The van der Waals surface area contributed by atoms with Crippen LogP contribution in [-0.2, 0) is 22.4 Å². The van der Waals surface area contributed by atoms with Gasteiger partial charge in [-0.1, -0.05) is 6.92 Å². The predicted octanol–water partition coefficient (Wildman–Crippen LogP) is 3.09. The minimum absolute atomic E-state index is 0.217. The van der Waals surface area contributed by atoms with Gasteiger partial charge in [-0.3, -0.25) is 4.79 Å². The number of rotatable bonds is 5. The third kappa shape index (κ3) is 4.30. The molecule has 1 aliphatic rings. The minimum atomic E-state index is -0.390. The molecule has 0 fully saturated rings. The molecule has 0 saturated heterocycles. The summed E-state index contributed by atoms with van der Waals surface area (Å²) in [7, 11) is 0. The minimum Gasteiger partial charge on any atom is -0.451 e. The second-order valence-electron chi connectivity index (χ2n) is 6.13. The van der Waals surface area contributed by atoms with Crippen molar-refractivity contribution in [2.45, 2.75) is 58.4 Å². The van der Waals surface area contributed by atoms with Gasteiger partial charge in [-0.05, 0) is 57.6 Å². The molecule has 1 aromatic heterocycles.